The Labute approximate surface area is 188 Å². The maximum absolute atomic E-state index is 12.7. The summed E-state index contributed by atoms with van der Waals surface area (Å²) in [5.41, 5.74) is 0.968. The van der Waals surface area contributed by atoms with Crippen LogP contribution >= 0.6 is 23.2 Å². The van der Waals surface area contributed by atoms with E-state index in [9.17, 15) is 14.9 Å². The van der Waals surface area contributed by atoms with Crippen molar-refractivity contribution < 1.29 is 14.5 Å². The molecule has 11 heteroatoms. The van der Waals surface area contributed by atoms with Crippen LogP contribution in [-0.2, 0) is 11.3 Å². The third-order valence-corrected chi connectivity index (χ3v) is 5.25. The van der Waals surface area contributed by atoms with Gasteiger partial charge in [0.05, 0.1) is 34.3 Å². The molecule has 0 unspecified atom stereocenters. The van der Waals surface area contributed by atoms with Gasteiger partial charge >= 0.3 is 0 Å². The van der Waals surface area contributed by atoms with E-state index in [1.807, 2.05) is 0 Å². The maximum Gasteiger partial charge on any atom is 0.293 e. The van der Waals surface area contributed by atoms with Gasteiger partial charge in [0.25, 0.3) is 11.6 Å². The number of anilines is 2. The second-order valence-corrected chi connectivity index (χ2v) is 7.23. The van der Waals surface area contributed by atoms with Crippen molar-refractivity contribution in [2.45, 2.75) is 6.54 Å². The summed E-state index contributed by atoms with van der Waals surface area (Å²) in [5.74, 6) is -0.100. The number of carbonyl (C=O) groups is 1. The van der Waals surface area contributed by atoms with E-state index in [4.69, 9.17) is 27.9 Å². The van der Waals surface area contributed by atoms with Crippen molar-refractivity contribution in [2.75, 3.05) is 30.9 Å². The summed E-state index contributed by atoms with van der Waals surface area (Å²) >= 11 is 12.3. The highest BCUT2D eigenvalue weighted by Gasteiger charge is 2.18. The first-order valence-electron chi connectivity index (χ1n) is 9.18. The number of nitrogens with one attached hydrogen (secondary N) is 2. The van der Waals surface area contributed by atoms with E-state index in [1.165, 1.54) is 31.5 Å². The average molecular weight is 464 g/mol. The summed E-state index contributed by atoms with van der Waals surface area (Å²) in [5, 5.41) is 22.1. The number of ether oxygens (including phenoxy) is 1. The monoisotopic (exact) mass is 463 g/mol. The fraction of sp³-hybridized carbons (Fsp3) is 0.200. The molecule has 0 aliphatic rings. The van der Waals surface area contributed by atoms with Gasteiger partial charge < -0.3 is 15.4 Å². The van der Waals surface area contributed by atoms with Gasteiger partial charge in [-0.2, -0.15) is 5.10 Å². The molecule has 9 nitrogen and oxygen atoms in total. The molecule has 0 spiro atoms. The first kappa shape index (κ1) is 22.5. The summed E-state index contributed by atoms with van der Waals surface area (Å²) in [6.07, 6.45) is 1.53. The molecule has 0 saturated heterocycles. The van der Waals surface area contributed by atoms with Crippen LogP contribution in [0.15, 0.2) is 48.7 Å². The van der Waals surface area contributed by atoms with E-state index >= 15 is 0 Å². The normalized spacial score (nSPS) is 10.7. The van der Waals surface area contributed by atoms with E-state index in [2.05, 4.69) is 15.7 Å². The van der Waals surface area contributed by atoms with Crippen LogP contribution in [0.2, 0.25) is 10.0 Å². The topological polar surface area (TPSA) is 111 Å². The van der Waals surface area contributed by atoms with E-state index in [0.717, 1.165) is 5.56 Å². The minimum Gasteiger partial charge on any atom is -0.383 e. The van der Waals surface area contributed by atoms with Gasteiger partial charge in [-0.25, -0.2) is 4.68 Å². The number of carbonyl (C=O) groups excluding carboxylic acids is 1. The molecule has 0 atom stereocenters. The summed E-state index contributed by atoms with van der Waals surface area (Å²) in [6.45, 7) is 1.07. The molecule has 0 fully saturated rings. The Hall–Kier alpha value is -3.14. The predicted molar refractivity (Wildman–Crippen MR) is 119 cm³/mol. The first-order valence-corrected chi connectivity index (χ1v) is 9.93. The van der Waals surface area contributed by atoms with Crippen LogP contribution in [-0.4, -0.2) is 40.9 Å². The van der Waals surface area contributed by atoms with Crippen molar-refractivity contribution in [3.05, 3.63) is 79.9 Å². The van der Waals surface area contributed by atoms with Crippen molar-refractivity contribution in [3.63, 3.8) is 0 Å². The standard InChI is InChI=1S/C20H19Cl2N5O4/c1-31-10-9-23-16-6-5-13(11-17(16)27(29)30)20(28)25-18-7-8-24-26(18)12-14-3-2-4-15(21)19(14)22/h2-8,11,23H,9-10,12H2,1H3,(H,25,28). The van der Waals surface area contributed by atoms with Gasteiger partial charge in [-0.05, 0) is 23.8 Å². The lowest BCUT2D eigenvalue weighted by molar-refractivity contribution is -0.384. The van der Waals surface area contributed by atoms with Crippen molar-refractivity contribution in [1.82, 2.24) is 9.78 Å². The Morgan fingerprint density at radius 2 is 2.06 bits per heavy atom. The molecule has 0 aliphatic carbocycles. The number of hydrogen-bond acceptors (Lipinski definition) is 6. The Morgan fingerprint density at radius 1 is 1.26 bits per heavy atom. The molecule has 0 radical (unpaired) electrons. The molecular weight excluding hydrogens is 445 g/mol. The summed E-state index contributed by atoms with van der Waals surface area (Å²) in [6, 6.07) is 11.1. The van der Waals surface area contributed by atoms with Gasteiger partial charge in [0.2, 0.25) is 0 Å². The fourth-order valence-corrected chi connectivity index (χ4v) is 3.23. The largest absolute Gasteiger partial charge is 0.383 e. The zero-order valence-electron chi connectivity index (χ0n) is 16.5. The van der Waals surface area contributed by atoms with Gasteiger partial charge in [-0.15, -0.1) is 0 Å². The third-order valence-electron chi connectivity index (χ3n) is 4.39. The smallest absolute Gasteiger partial charge is 0.293 e. The number of halogens is 2. The average Bonchev–Trinajstić information content (AvgIpc) is 3.18. The molecule has 31 heavy (non-hydrogen) atoms. The van der Waals surface area contributed by atoms with Crippen LogP contribution in [0.3, 0.4) is 0 Å². The number of nitrogens with zero attached hydrogens (tertiary/aromatic N) is 3. The highest BCUT2D eigenvalue weighted by molar-refractivity contribution is 6.42. The van der Waals surface area contributed by atoms with Crippen molar-refractivity contribution >= 4 is 46.3 Å². The van der Waals surface area contributed by atoms with E-state index in [1.54, 1.807) is 28.9 Å². The van der Waals surface area contributed by atoms with Crippen LogP contribution in [0.25, 0.3) is 0 Å². The molecule has 3 rings (SSSR count). The van der Waals surface area contributed by atoms with E-state index < -0.39 is 10.8 Å². The highest BCUT2D eigenvalue weighted by Crippen LogP contribution is 2.28. The molecule has 1 heterocycles. The molecule has 0 saturated carbocycles. The van der Waals surface area contributed by atoms with Crippen molar-refractivity contribution in [3.8, 4) is 0 Å². The molecular formula is C20H19Cl2N5O4. The number of methoxy groups -OCH3 is 1. The second-order valence-electron chi connectivity index (χ2n) is 6.45. The lowest BCUT2D eigenvalue weighted by atomic mass is 10.1. The minimum absolute atomic E-state index is 0.137. The molecule has 3 aromatic rings. The Kier molecular flexibility index (Phi) is 7.45. The molecule has 162 valence electrons. The highest BCUT2D eigenvalue weighted by atomic mass is 35.5. The number of benzene rings is 2. The number of nitro benzene ring substituents is 1. The van der Waals surface area contributed by atoms with E-state index in [0.29, 0.717) is 34.7 Å². The summed E-state index contributed by atoms with van der Waals surface area (Å²) in [7, 11) is 1.54. The van der Waals surface area contributed by atoms with Crippen LogP contribution in [0, 0.1) is 10.1 Å². The zero-order valence-corrected chi connectivity index (χ0v) is 18.0. The molecule has 1 aromatic heterocycles. The number of nitro groups is 1. The maximum atomic E-state index is 12.7. The van der Waals surface area contributed by atoms with Gasteiger partial charge in [-0.3, -0.25) is 14.9 Å². The number of rotatable bonds is 9. The van der Waals surface area contributed by atoms with Crippen LogP contribution in [0.1, 0.15) is 15.9 Å². The van der Waals surface area contributed by atoms with Crippen molar-refractivity contribution in [1.29, 1.82) is 0 Å². The Morgan fingerprint density at radius 3 is 2.81 bits per heavy atom. The third kappa shape index (κ3) is 5.52. The Balaban J connectivity index is 1.78. The van der Waals surface area contributed by atoms with E-state index in [-0.39, 0.29) is 17.8 Å². The molecule has 2 N–H and O–H groups in total. The van der Waals surface area contributed by atoms with Gasteiger partial charge in [0, 0.05) is 31.4 Å². The quantitative estimate of drug-likeness (QED) is 0.275. The van der Waals surface area contributed by atoms with Gasteiger partial charge in [0.1, 0.15) is 11.5 Å². The molecule has 0 aliphatic heterocycles. The van der Waals surface area contributed by atoms with Crippen LogP contribution in [0.5, 0.6) is 0 Å². The first-order chi connectivity index (χ1) is 14.9. The number of aromatic nitrogens is 2. The predicted octanol–water partition coefficient (Wildman–Crippen LogP) is 4.46. The minimum atomic E-state index is -0.544. The summed E-state index contributed by atoms with van der Waals surface area (Å²) in [4.78, 5) is 23.6. The second kappa shape index (κ2) is 10.3. The van der Waals surface area contributed by atoms with Gasteiger partial charge in [-0.1, -0.05) is 35.3 Å². The van der Waals surface area contributed by atoms with Crippen molar-refractivity contribution in [2.24, 2.45) is 0 Å². The molecule has 1 amide bonds. The molecule has 0 bridgehead atoms. The number of hydrogen-bond donors (Lipinski definition) is 2. The van der Waals surface area contributed by atoms with Crippen LogP contribution in [0.4, 0.5) is 17.2 Å². The zero-order chi connectivity index (χ0) is 22.4. The fourth-order valence-electron chi connectivity index (χ4n) is 2.85. The molecule has 2 aromatic carbocycles. The SMILES string of the molecule is COCCNc1ccc(C(=O)Nc2ccnn2Cc2cccc(Cl)c2Cl)cc1[N+](=O)[O-]. The van der Waals surface area contributed by atoms with Crippen LogP contribution < -0.4 is 10.6 Å². The number of amides is 1. The lowest BCUT2D eigenvalue weighted by Gasteiger charge is -2.11. The Bertz CT molecular complexity index is 1100. The summed E-state index contributed by atoms with van der Waals surface area (Å²) < 4.78 is 6.48. The lowest BCUT2D eigenvalue weighted by Crippen LogP contribution is -2.17. The van der Waals surface area contributed by atoms with Gasteiger partial charge in [0.15, 0.2) is 0 Å².